The molecule has 0 aliphatic heterocycles. The summed E-state index contributed by atoms with van der Waals surface area (Å²) in [5, 5.41) is 12.5. The van der Waals surface area contributed by atoms with Gasteiger partial charge in [0.15, 0.2) is 5.82 Å². The predicted molar refractivity (Wildman–Crippen MR) is 365 cm³/mol. The monoisotopic (exact) mass is 1110 g/mol. The van der Waals surface area contributed by atoms with Gasteiger partial charge in [-0.3, -0.25) is 4.57 Å². The van der Waals surface area contributed by atoms with Crippen molar-refractivity contribution < 1.29 is 0 Å². The molecule has 13 aromatic carbocycles. The van der Waals surface area contributed by atoms with Gasteiger partial charge in [-0.15, -0.1) is 0 Å². The van der Waals surface area contributed by atoms with Crippen LogP contribution >= 0.6 is 0 Å². The van der Waals surface area contributed by atoms with Gasteiger partial charge in [0.05, 0.1) is 22.4 Å². The van der Waals surface area contributed by atoms with Crippen molar-refractivity contribution in [3.8, 4) is 61.8 Å². The highest BCUT2D eigenvalue weighted by Crippen LogP contribution is 2.57. The third-order valence-electron chi connectivity index (χ3n) is 19.7. The van der Waals surface area contributed by atoms with E-state index in [9.17, 15) is 0 Å². The molecule has 4 nitrogen and oxygen atoms in total. The number of nitrogens with zero attached hydrogens (tertiary/aromatic N) is 4. The molecule has 0 amide bonds. The number of aromatic nitrogens is 3. The Labute approximate surface area is 505 Å². The maximum Gasteiger partial charge on any atom is 0.162 e. The van der Waals surface area contributed by atoms with Crippen LogP contribution in [0.15, 0.2) is 261 Å². The van der Waals surface area contributed by atoms with Gasteiger partial charge < -0.3 is 4.90 Å². The molecule has 0 unspecified atom stereocenters. The van der Waals surface area contributed by atoms with E-state index in [-0.39, 0.29) is 5.41 Å². The van der Waals surface area contributed by atoms with Gasteiger partial charge in [-0.1, -0.05) is 240 Å². The van der Waals surface area contributed by atoms with Gasteiger partial charge in [0.1, 0.15) is 5.82 Å². The lowest BCUT2D eigenvalue weighted by molar-refractivity contribution is 0.660. The highest BCUT2D eigenvalue weighted by atomic mass is 15.1. The Hall–Kier alpha value is -10.7. The van der Waals surface area contributed by atoms with Gasteiger partial charge in [0.2, 0.25) is 0 Å². The van der Waals surface area contributed by atoms with Crippen LogP contribution in [-0.2, 0) is 17.3 Å². The van der Waals surface area contributed by atoms with E-state index in [4.69, 9.17) is 9.97 Å². The van der Waals surface area contributed by atoms with E-state index in [1.165, 1.54) is 115 Å². The van der Waals surface area contributed by atoms with E-state index in [1.54, 1.807) is 0 Å². The summed E-state index contributed by atoms with van der Waals surface area (Å²) in [6.45, 7) is 9.65. The van der Waals surface area contributed by atoms with Crippen LogP contribution in [0.5, 0.6) is 0 Å². The standard InChI is InChI=1S/C83H58N4/c1-82(2)70-36-18-17-33-61(70)68-45-54(39-42-71(68)82)86(74-43-37-53-26-19-25-52-27-20-35-65(74)78(52)53)55-38-40-62-63-41-44-75-79(80(63)83(3,4)72(62)46-55)69-47-66-59-31-14-12-29-57(59)58-30-13-15-32-60(58)67(66)48-76(69)87(75)77-49-73(51-23-9-6-10-24-51)84-81(85-77)64-34-16-11-28-56(64)50-21-7-5-8-22-50/h5-24,26-49H,25H2,1-4H3. The first-order chi connectivity index (χ1) is 42.7. The summed E-state index contributed by atoms with van der Waals surface area (Å²) in [4.78, 5) is 13.7. The minimum Gasteiger partial charge on any atom is -0.310 e. The lowest BCUT2D eigenvalue weighted by Gasteiger charge is -2.30. The number of hydrogen-bond donors (Lipinski definition) is 0. The van der Waals surface area contributed by atoms with E-state index in [1.807, 2.05) is 0 Å². The maximum atomic E-state index is 5.73. The van der Waals surface area contributed by atoms with E-state index in [0.717, 1.165) is 62.6 Å². The molecule has 0 bridgehead atoms. The molecule has 410 valence electrons. The van der Waals surface area contributed by atoms with Gasteiger partial charge in [0, 0.05) is 55.6 Å². The van der Waals surface area contributed by atoms with E-state index < -0.39 is 5.41 Å². The molecule has 0 N–H and O–H groups in total. The average Bonchev–Trinajstić information content (AvgIpc) is 1.74. The molecule has 0 saturated heterocycles. The summed E-state index contributed by atoms with van der Waals surface area (Å²) in [5.74, 6) is 1.49. The third-order valence-corrected chi connectivity index (χ3v) is 19.7. The van der Waals surface area contributed by atoms with Crippen LogP contribution in [0.1, 0.15) is 61.1 Å². The Morgan fingerprint density at radius 1 is 0.379 bits per heavy atom. The molecular formula is C83H58N4. The minimum atomic E-state index is -0.447. The molecule has 87 heavy (non-hydrogen) atoms. The van der Waals surface area contributed by atoms with Crippen LogP contribution < -0.4 is 4.90 Å². The molecule has 3 aliphatic carbocycles. The lowest BCUT2D eigenvalue weighted by atomic mass is 9.80. The predicted octanol–water partition coefficient (Wildman–Crippen LogP) is 21.8. The number of allylic oxidation sites excluding steroid dienone is 1. The van der Waals surface area contributed by atoms with Crippen LogP contribution in [0.3, 0.4) is 0 Å². The van der Waals surface area contributed by atoms with Crippen molar-refractivity contribution >= 4 is 88.0 Å². The highest BCUT2D eigenvalue weighted by molar-refractivity contribution is 6.29. The molecule has 0 saturated carbocycles. The molecular weight excluding hydrogens is 1050 g/mol. The van der Waals surface area contributed by atoms with Crippen LogP contribution in [0.25, 0.3) is 133 Å². The molecule has 18 rings (SSSR count). The van der Waals surface area contributed by atoms with Crippen LogP contribution in [0.2, 0.25) is 0 Å². The third kappa shape index (κ3) is 7.19. The number of fused-ring (bicyclic) bond motifs is 16. The number of benzene rings is 13. The molecule has 3 aliphatic rings. The summed E-state index contributed by atoms with van der Waals surface area (Å²) in [6, 6.07) is 94.7. The molecule has 15 aromatic rings. The van der Waals surface area contributed by atoms with Crippen molar-refractivity contribution in [2.24, 2.45) is 0 Å². The maximum absolute atomic E-state index is 5.73. The van der Waals surface area contributed by atoms with Crippen molar-refractivity contribution in [1.29, 1.82) is 0 Å². The van der Waals surface area contributed by atoms with Crippen molar-refractivity contribution in [3.63, 3.8) is 0 Å². The van der Waals surface area contributed by atoms with Crippen LogP contribution in [0, 0.1) is 0 Å². The molecule has 2 aromatic heterocycles. The fraction of sp³-hybridized carbons (Fsp3) is 0.0843. The highest BCUT2D eigenvalue weighted by Gasteiger charge is 2.40. The summed E-state index contributed by atoms with van der Waals surface area (Å²) >= 11 is 0. The van der Waals surface area contributed by atoms with Gasteiger partial charge in [-0.05, 0) is 159 Å². The van der Waals surface area contributed by atoms with Crippen molar-refractivity contribution in [2.75, 3.05) is 4.90 Å². The Morgan fingerprint density at radius 3 is 1.76 bits per heavy atom. The molecule has 0 spiro atoms. The second-order valence-corrected chi connectivity index (χ2v) is 25.1. The Bertz CT molecular complexity index is 5490. The first-order valence-corrected chi connectivity index (χ1v) is 30.5. The molecule has 0 fully saturated rings. The van der Waals surface area contributed by atoms with Crippen molar-refractivity contribution in [3.05, 3.63) is 294 Å². The van der Waals surface area contributed by atoms with Crippen LogP contribution in [-0.4, -0.2) is 14.5 Å². The van der Waals surface area contributed by atoms with Gasteiger partial charge >= 0.3 is 0 Å². The second kappa shape index (κ2) is 18.4. The SMILES string of the molecule is CC1(C)c2ccccc2-c2cc(N(c3ccc4c(c3)C(C)(C)c3c-4ccc4c3c3cc5c6ccccc6c6ccccc6c5cc3n4-c3cc(-c4ccccc4)nc(-c4ccccc4-c4ccccc4)n3)c3ccc4c5c(cccc35)CC=C4)ccc21. The zero-order valence-corrected chi connectivity index (χ0v) is 48.9. The minimum absolute atomic E-state index is 0.111. The Balaban J connectivity index is 0.899. The topological polar surface area (TPSA) is 34.0 Å². The molecule has 0 atom stereocenters. The largest absolute Gasteiger partial charge is 0.310 e. The number of anilines is 3. The fourth-order valence-corrected chi connectivity index (χ4v) is 15.7. The summed E-state index contributed by atoms with van der Waals surface area (Å²) in [6.07, 6.45) is 5.52. The quantitative estimate of drug-likeness (QED) is 0.149. The first-order valence-electron chi connectivity index (χ1n) is 30.5. The first kappa shape index (κ1) is 49.7. The smallest absolute Gasteiger partial charge is 0.162 e. The normalized spacial score (nSPS) is 14.1. The molecule has 4 heteroatoms. The average molecular weight is 1110 g/mol. The van der Waals surface area contributed by atoms with Gasteiger partial charge in [0.25, 0.3) is 0 Å². The van der Waals surface area contributed by atoms with Crippen LogP contribution in [0.4, 0.5) is 17.1 Å². The van der Waals surface area contributed by atoms with E-state index >= 15 is 0 Å². The van der Waals surface area contributed by atoms with E-state index in [2.05, 4.69) is 304 Å². The van der Waals surface area contributed by atoms with E-state index in [0.29, 0.717) is 5.82 Å². The summed E-state index contributed by atoms with van der Waals surface area (Å²) < 4.78 is 2.45. The Kier molecular flexibility index (Phi) is 10.5. The number of hydrogen-bond acceptors (Lipinski definition) is 3. The van der Waals surface area contributed by atoms with Gasteiger partial charge in [-0.2, -0.15) is 0 Å². The fourth-order valence-electron chi connectivity index (χ4n) is 15.7. The number of rotatable bonds is 7. The zero-order valence-electron chi connectivity index (χ0n) is 48.9. The van der Waals surface area contributed by atoms with Crippen molar-refractivity contribution in [1.82, 2.24) is 14.5 Å². The summed E-state index contributed by atoms with van der Waals surface area (Å²) in [5.41, 5.74) is 23.3. The second-order valence-electron chi connectivity index (χ2n) is 25.1. The van der Waals surface area contributed by atoms with Gasteiger partial charge in [-0.25, -0.2) is 9.97 Å². The zero-order chi connectivity index (χ0) is 57.9. The molecule has 0 radical (unpaired) electrons. The lowest BCUT2D eigenvalue weighted by Crippen LogP contribution is -2.17. The summed E-state index contributed by atoms with van der Waals surface area (Å²) in [7, 11) is 0. The Morgan fingerprint density at radius 2 is 0.989 bits per heavy atom. The van der Waals surface area contributed by atoms with Crippen molar-refractivity contribution in [2.45, 2.75) is 44.9 Å². The molecule has 2 heterocycles.